The Kier molecular flexibility index (Phi) is 4.43. The monoisotopic (exact) mass is 226 g/mol. The van der Waals surface area contributed by atoms with Gasteiger partial charge in [0.2, 0.25) is 0 Å². The van der Waals surface area contributed by atoms with Crippen molar-refractivity contribution in [3.8, 4) is 5.75 Å². The summed E-state index contributed by atoms with van der Waals surface area (Å²) in [5.41, 5.74) is 0.379. The number of ketones is 1. The van der Waals surface area contributed by atoms with E-state index in [4.69, 9.17) is 9.47 Å². The molecule has 0 saturated heterocycles. The topological polar surface area (TPSA) is 35.5 Å². The molecule has 1 unspecified atom stereocenters. The van der Waals surface area contributed by atoms with Gasteiger partial charge in [-0.2, -0.15) is 0 Å². The van der Waals surface area contributed by atoms with Gasteiger partial charge in [-0.15, -0.1) is 0 Å². The van der Waals surface area contributed by atoms with Crippen LogP contribution >= 0.6 is 0 Å². The number of carbonyl (C=O) groups is 1. The lowest BCUT2D eigenvalue weighted by molar-refractivity contribution is 0.0707. The second-order valence-electron chi connectivity index (χ2n) is 3.55. The quantitative estimate of drug-likeness (QED) is 0.723. The number of Topliss-reactive ketones (excluding diaryl/α,β-unsaturated/α-hetero) is 1. The average Bonchev–Trinajstić information content (AvgIpc) is 2.25. The van der Waals surface area contributed by atoms with E-state index in [1.165, 1.54) is 25.1 Å². The van der Waals surface area contributed by atoms with Crippen LogP contribution in [0, 0.1) is 5.82 Å². The van der Waals surface area contributed by atoms with Crippen molar-refractivity contribution in [2.75, 3.05) is 13.7 Å². The standard InChI is InChI=1S/C12H15FO3/c1-8(15-3)7-16-12-6-10(13)4-5-11(12)9(2)14/h4-6,8H,7H2,1-3H3. The van der Waals surface area contributed by atoms with E-state index < -0.39 is 5.82 Å². The van der Waals surface area contributed by atoms with Crippen LogP contribution in [0.5, 0.6) is 5.75 Å². The molecule has 1 atom stereocenters. The first kappa shape index (κ1) is 12.6. The second-order valence-corrected chi connectivity index (χ2v) is 3.55. The van der Waals surface area contributed by atoms with Gasteiger partial charge in [-0.05, 0) is 26.0 Å². The van der Waals surface area contributed by atoms with Crippen LogP contribution in [-0.2, 0) is 4.74 Å². The van der Waals surface area contributed by atoms with Crippen molar-refractivity contribution in [3.63, 3.8) is 0 Å². The maximum atomic E-state index is 13.0. The number of rotatable bonds is 5. The van der Waals surface area contributed by atoms with E-state index in [0.717, 1.165) is 0 Å². The summed E-state index contributed by atoms with van der Waals surface area (Å²) in [4.78, 5) is 11.3. The van der Waals surface area contributed by atoms with Crippen molar-refractivity contribution in [1.29, 1.82) is 0 Å². The van der Waals surface area contributed by atoms with Gasteiger partial charge in [0.05, 0.1) is 11.7 Å². The van der Waals surface area contributed by atoms with Crippen LogP contribution in [0.4, 0.5) is 4.39 Å². The normalized spacial score (nSPS) is 12.2. The first-order valence-corrected chi connectivity index (χ1v) is 5.00. The zero-order valence-electron chi connectivity index (χ0n) is 9.62. The maximum absolute atomic E-state index is 13.0. The molecule has 0 aliphatic heterocycles. The van der Waals surface area contributed by atoms with Crippen LogP contribution in [-0.4, -0.2) is 25.6 Å². The molecule has 4 heteroatoms. The molecule has 1 aromatic rings. The molecular formula is C12H15FO3. The molecule has 1 rings (SSSR count). The van der Waals surface area contributed by atoms with Gasteiger partial charge in [-0.25, -0.2) is 4.39 Å². The van der Waals surface area contributed by atoms with Crippen molar-refractivity contribution < 1.29 is 18.7 Å². The van der Waals surface area contributed by atoms with Crippen molar-refractivity contribution in [2.45, 2.75) is 20.0 Å². The molecule has 0 N–H and O–H groups in total. The van der Waals surface area contributed by atoms with E-state index >= 15 is 0 Å². The van der Waals surface area contributed by atoms with E-state index in [0.29, 0.717) is 5.56 Å². The predicted octanol–water partition coefficient (Wildman–Crippen LogP) is 2.44. The minimum absolute atomic E-state index is 0.108. The summed E-state index contributed by atoms with van der Waals surface area (Å²) in [7, 11) is 1.56. The Labute approximate surface area is 94.2 Å². The number of carbonyl (C=O) groups excluding carboxylic acids is 1. The van der Waals surface area contributed by atoms with Gasteiger partial charge < -0.3 is 9.47 Å². The highest BCUT2D eigenvalue weighted by molar-refractivity contribution is 5.96. The largest absolute Gasteiger partial charge is 0.490 e. The Balaban J connectivity index is 2.84. The highest BCUT2D eigenvalue weighted by Crippen LogP contribution is 2.20. The third-order valence-corrected chi connectivity index (χ3v) is 2.20. The summed E-state index contributed by atoms with van der Waals surface area (Å²) >= 11 is 0. The van der Waals surface area contributed by atoms with Gasteiger partial charge >= 0.3 is 0 Å². The number of halogens is 1. The molecule has 0 bridgehead atoms. The zero-order valence-corrected chi connectivity index (χ0v) is 9.62. The van der Waals surface area contributed by atoms with Crippen molar-refractivity contribution >= 4 is 5.78 Å². The number of ether oxygens (including phenoxy) is 2. The Morgan fingerprint density at radius 2 is 2.19 bits per heavy atom. The minimum atomic E-state index is -0.426. The number of benzene rings is 1. The van der Waals surface area contributed by atoms with Gasteiger partial charge in [-0.1, -0.05) is 0 Å². The van der Waals surface area contributed by atoms with E-state index in [9.17, 15) is 9.18 Å². The molecule has 0 amide bonds. The smallest absolute Gasteiger partial charge is 0.163 e. The number of hydrogen-bond donors (Lipinski definition) is 0. The van der Waals surface area contributed by atoms with E-state index in [2.05, 4.69) is 0 Å². The van der Waals surface area contributed by atoms with E-state index in [1.54, 1.807) is 7.11 Å². The Bertz CT molecular complexity index is 377. The summed E-state index contributed by atoms with van der Waals surface area (Å²) in [5, 5.41) is 0. The van der Waals surface area contributed by atoms with E-state index in [1.807, 2.05) is 6.92 Å². The minimum Gasteiger partial charge on any atom is -0.490 e. The Hall–Kier alpha value is -1.42. The third-order valence-electron chi connectivity index (χ3n) is 2.20. The van der Waals surface area contributed by atoms with Crippen molar-refractivity contribution in [2.24, 2.45) is 0 Å². The first-order chi connectivity index (χ1) is 7.54. The fourth-order valence-electron chi connectivity index (χ4n) is 1.18. The molecule has 16 heavy (non-hydrogen) atoms. The first-order valence-electron chi connectivity index (χ1n) is 5.00. The lowest BCUT2D eigenvalue weighted by Crippen LogP contribution is -2.17. The summed E-state index contributed by atoms with van der Waals surface area (Å²) in [5.74, 6) is -0.318. The molecule has 0 aliphatic rings. The third kappa shape index (κ3) is 3.31. The van der Waals surface area contributed by atoms with Gasteiger partial charge in [0.25, 0.3) is 0 Å². The molecule has 0 heterocycles. The second kappa shape index (κ2) is 5.61. The molecule has 0 saturated carbocycles. The average molecular weight is 226 g/mol. The van der Waals surface area contributed by atoms with Crippen molar-refractivity contribution in [1.82, 2.24) is 0 Å². The highest BCUT2D eigenvalue weighted by Gasteiger charge is 2.11. The number of hydrogen-bond acceptors (Lipinski definition) is 3. The van der Waals surface area contributed by atoms with Crippen molar-refractivity contribution in [3.05, 3.63) is 29.6 Å². The fraction of sp³-hybridized carbons (Fsp3) is 0.417. The van der Waals surface area contributed by atoms with Crippen LogP contribution < -0.4 is 4.74 Å². The molecule has 0 spiro atoms. The van der Waals surface area contributed by atoms with E-state index in [-0.39, 0.29) is 24.2 Å². The molecule has 1 aromatic carbocycles. The Morgan fingerprint density at radius 1 is 1.50 bits per heavy atom. The molecule has 0 fully saturated rings. The summed E-state index contributed by atoms with van der Waals surface area (Å²) in [6.07, 6.45) is -0.108. The summed E-state index contributed by atoms with van der Waals surface area (Å²) in [6, 6.07) is 3.87. The maximum Gasteiger partial charge on any atom is 0.163 e. The van der Waals surface area contributed by atoms with Crippen LogP contribution in [0.25, 0.3) is 0 Å². The van der Waals surface area contributed by atoms with Crippen LogP contribution in [0.15, 0.2) is 18.2 Å². The Morgan fingerprint density at radius 3 is 2.75 bits per heavy atom. The predicted molar refractivity (Wildman–Crippen MR) is 58.4 cm³/mol. The molecule has 88 valence electrons. The molecule has 0 radical (unpaired) electrons. The highest BCUT2D eigenvalue weighted by atomic mass is 19.1. The molecule has 0 aliphatic carbocycles. The van der Waals surface area contributed by atoms with Crippen LogP contribution in [0.3, 0.4) is 0 Å². The van der Waals surface area contributed by atoms with Gasteiger partial charge in [-0.3, -0.25) is 4.79 Å². The summed E-state index contributed by atoms with van der Waals surface area (Å²) < 4.78 is 23.3. The molecule has 3 nitrogen and oxygen atoms in total. The van der Waals surface area contributed by atoms with Crippen LogP contribution in [0.1, 0.15) is 24.2 Å². The van der Waals surface area contributed by atoms with Gasteiger partial charge in [0, 0.05) is 13.2 Å². The SMILES string of the molecule is COC(C)COc1cc(F)ccc1C(C)=O. The van der Waals surface area contributed by atoms with Gasteiger partial charge in [0.1, 0.15) is 18.2 Å². The molecule has 0 aromatic heterocycles. The fourth-order valence-corrected chi connectivity index (χ4v) is 1.18. The van der Waals surface area contributed by atoms with Gasteiger partial charge in [0.15, 0.2) is 5.78 Å². The lowest BCUT2D eigenvalue weighted by Gasteiger charge is -2.13. The molecular weight excluding hydrogens is 211 g/mol. The zero-order chi connectivity index (χ0) is 12.1. The van der Waals surface area contributed by atoms with Crippen LogP contribution in [0.2, 0.25) is 0 Å². The number of methoxy groups -OCH3 is 1. The lowest BCUT2D eigenvalue weighted by atomic mass is 10.1. The summed E-state index contributed by atoms with van der Waals surface area (Å²) in [6.45, 7) is 3.52.